The zero-order valence-electron chi connectivity index (χ0n) is 8.40. The molecule has 8 heteroatoms. The van der Waals surface area contributed by atoms with Crippen molar-refractivity contribution in [1.29, 1.82) is 0 Å². The Hall–Kier alpha value is -1.83. The molecular formula is C9H8F3NO4. The Kier molecular flexibility index (Phi) is 3.89. The van der Waals surface area contributed by atoms with E-state index in [4.69, 9.17) is 5.11 Å². The fourth-order valence-corrected chi connectivity index (χ4v) is 1.14. The third-order valence-corrected chi connectivity index (χ3v) is 1.85. The van der Waals surface area contributed by atoms with Crippen LogP contribution in [0.1, 0.15) is 10.4 Å². The quantitative estimate of drug-likeness (QED) is 0.869. The maximum absolute atomic E-state index is 11.7. The van der Waals surface area contributed by atoms with Gasteiger partial charge in [0.05, 0.1) is 6.61 Å². The van der Waals surface area contributed by atoms with Gasteiger partial charge < -0.3 is 9.67 Å². The van der Waals surface area contributed by atoms with Crippen LogP contribution in [0.25, 0.3) is 0 Å². The van der Waals surface area contributed by atoms with E-state index in [1.54, 1.807) is 0 Å². The number of ether oxygens (including phenoxy) is 1. The monoisotopic (exact) mass is 251 g/mol. The van der Waals surface area contributed by atoms with Gasteiger partial charge in [-0.3, -0.25) is 9.53 Å². The lowest BCUT2D eigenvalue weighted by molar-refractivity contribution is -0.325. The van der Waals surface area contributed by atoms with Crippen LogP contribution >= 0.6 is 0 Å². The molecule has 1 N–H and O–H groups in total. The molecule has 0 radical (unpaired) electrons. The van der Waals surface area contributed by atoms with E-state index in [2.05, 4.69) is 4.74 Å². The molecule has 1 rings (SSSR count). The standard InChI is InChI=1S/C9H8F3NO4/c10-9(11,12)17-5-4-13-3-1-2-6(7(13)14)8(15)16/h1-3H,4-5H2,(H,15,16). The highest BCUT2D eigenvalue weighted by Crippen LogP contribution is 2.15. The van der Waals surface area contributed by atoms with Gasteiger partial charge in [0.2, 0.25) is 0 Å². The molecule has 0 bridgehead atoms. The largest absolute Gasteiger partial charge is 0.522 e. The number of alkyl halides is 3. The van der Waals surface area contributed by atoms with Crippen LogP contribution in [-0.4, -0.2) is 28.6 Å². The highest BCUT2D eigenvalue weighted by atomic mass is 19.4. The van der Waals surface area contributed by atoms with Gasteiger partial charge >= 0.3 is 12.3 Å². The minimum atomic E-state index is -4.77. The minimum absolute atomic E-state index is 0.376. The number of hydrogen-bond donors (Lipinski definition) is 1. The molecule has 1 aromatic rings. The van der Waals surface area contributed by atoms with Gasteiger partial charge in [-0.25, -0.2) is 4.79 Å². The molecule has 0 unspecified atom stereocenters. The van der Waals surface area contributed by atoms with Crippen molar-refractivity contribution in [3.8, 4) is 0 Å². The second-order valence-electron chi connectivity index (χ2n) is 3.02. The normalized spacial score (nSPS) is 11.5. The summed E-state index contributed by atoms with van der Waals surface area (Å²) in [5.74, 6) is -1.43. The first kappa shape index (κ1) is 13.2. The average molecular weight is 251 g/mol. The number of carbonyl (C=O) groups is 1. The number of nitrogens with zero attached hydrogens (tertiary/aromatic N) is 1. The molecule has 0 aromatic carbocycles. The maximum Gasteiger partial charge on any atom is 0.522 e. The Bertz CT molecular complexity index is 466. The highest BCUT2D eigenvalue weighted by Gasteiger charge is 2.28. The lowest BCUT2D eigenvalue weighted by atomic mass is 10.3. The molecule has 1 heterocycles. The molecular weight excluding hydrogens is 243 g/mol. The van der Waals surface area contributed by atoms with E-state index in [1.807, 2.05) is 0 Å². The van der Waals surface area contributed by atoms with Crippen molar-refractivity contribution in [2.24, 2.45) is 0 Å². The summed E-state index contributed by atoms with van der Waals surface area (Å²) in [6.07, 6.45) is -3.58. The van der Waals surface area contributed by atoms with Gasteiger partial charge in [0, 0.05) is 12.7 Å². The average Bonchev–Trinajstić information content (AvgIpc) is 2.18. The lowest BCUT2D eigenvalue weighted by Gasteiger charge is -2.09. The summed E-state index contributed by atoms with van der Waals surface area (Å²) < 4.78 is 39.3. The van der Waals surface area contributed by atoms with Crippen LogP contribution < -0.4 is 5.56 Å². The first-order valence-corrected chi connectivity index (χ1v) is 4.44. The SMILES string of the molecule is O=C(O)c1cccn(CCOC(F)(F)F)c1=O. The predicted molar refractivity (Wildman–Crippen MR) is 49.7 cm³/mol. The Labute approximate surface area is 93.0 Å². The Balaban J connectivity index is 2.76. The number of halogens is 3. The van der Waals surface area contributed by atoms with Gasteiger partial charge in [-0.2, -0.15) is 0 Å². The van der Waals surface area contributed by atoms with Crippen LogP contribution in [0.5, 0.6) is 0 Å². The molecule has 94 valence electrons. The molecule has 0 atom stereocenters. The Morgan fingerprint density at radius 2 is 2.12 bits per heavy atom. The van der Waals surface area contributed by atoms with E-state index in [9.17, 15) is 22.8 Å². The third kappa shape index (κ3) is 3.91. The van der Waals surface area contributed by atoms with Gasteiger partial charge in [-0.15, -0.1) is 13.2 Å². The van der Waals surface area contributed by atoms with E-state index in [0.29, 0.717) is 0 Å². The molecule has 0 amide bonds. The molecule has 0 spiro atoms. The summed E-state index contributed by atoms with van der Waals surface area (Å²) >= 11 is 0. The number of carboxylic acids is 1. The number of hydrogen-bond acceptors (Lipinski definition) is 3. The van der Waals surface area contributed by atoms with E-state index in [-0.39, 0.29) is 6.54 Å². The van der Waals surface area contributed by atoms with E-state index in [0.717, 1.165) is 10.6 Å². The van der Waals surface area contributed by atoms with Crippen LogP contribution in [0.2, 0.25) is 0 Å². The fraction of sp³-hybridized carbons (Fsp3) is 0.333. The molecule has 1 aromatic heterocycles. The van der Waals surface area contributed by atoms with Gasteiger partial charge in [-0.05, 0) is 12.1 Å². The summed E-state index contributed by atoms with van der Waals surface area (Å²) in [4.78, 5) is 22.0. The molecule has 17 heavy (non-hydrogen) atoms. The summed E-state index contributed by atoms with van der Waals surface area (Å²) in [6, 6.07) is 2.34. The minimum Gasteiger partial charge on any atom is -0.477 e. The topological polar surface area (TPSA) is 68.5 Å². The van der Waals surface area contributed by atoms with Gasteiger partial charge in [-0.1, -0.05) is 0 Å². The second-order valence-corrected chi connectivity index (χ2v) is 3.02. The van der Waals surface area contributed by atoms with Gasteiger partial charge in [0.1, 0.15) is 5.56 Å². The summed E-state index contributed by atoms with van der Waals surface area (Å²) in [6.45, 7) is -1.13. The zero-order valence-corrected chi connectivity index (χ0v) is 8.40. The molecule has 0 saturated carbocycles. The Morgan fingerprint density at radius 1 is 1.47 bits per heavy atom. The van der Waals surface area contributed by atoms with Crippen LogP contribution in [0, 0.1) is 0 Å². The van der Waals surface area contributed by atoms with E-state index in [1.165, 1.54) is 12.3 Å². The predicted octanol–water partition coefficient (Wildman–Crippen LogP) is 1.08. The zero-order chi connectivity index (χ0) is 13.1. The van der Waals surface area contributed by atoms with Crippen molar-refractivity contribution in [3.05, 3.63) is 34.2 Å². The van der Waals surface area contributed by atoms with Crippen molar-refractivity contribution >= 4 is 5.97 Å². The number of pyridine rings is 1. The third-order valence-electron chi connectivity index (χ3n) is 1.85. The van der Waals surface area contributed by atoms with Crippen molar-refractivity contribution in [2.45, 2.75) is 12.9 Å². The lowest BCUT2D eigenvalue weighted by Crippen LogP contribution is -2.28. The Morgan fingerprint density at radius 3 is 2.65 bits per heavy atom. The summed E-state index contributed by atoms with van der Waals surface area (Å²) in [5.41, 5.74) is -1.37. The van der Waals surface area contributed by atoms with Crippen LogP contribution in [-0.2, 0) is 11.3 Å². The van der Waals surface area contributed by atoms with Gasteiger partial charge in [0.25, 0.3) is 5.56 Å². The number of aromatic nitrogens is 1. The van der Waals surface area contributed by atoms with E-state index < -0.39 is 30.1 Å². The summed E-state index contributed by atoms with van der Waals surface area (Å²) in [5, 5.41) is 8.62. The van der Waals surface area contributed by atoms with Crippen LogP contribution in [0.4, 0.5) is 13.2 Å². The maximum atomic E-state index is 11.7. The van der Waals surface area contributed by atoms with Crippen LogP contribution in [0.15, 0.2) is 23.1 Å². The number of carboxylic acid groups (broad SMARTS) is 1. The van der Waals surface area contributed by atoms with Crippen molar-refractivity contribution < 1.29 is 27.8 Å². The fourth-order valence-electron chi connectivity index (χ4n) is 1.14. The van der Waals surface area contributed by atoms with Gasteiger partial charge in [0.15, 0.2) is 0 Å². The van der Waals surface area contributed by atoms with Crippen molar-refractivity contribution in [2.75, 3.05) is 6.61 Å². The molecule has 0 aliphatic heterocycles. The molecule has 5 nitrogen and oxygen atoms in total. The molecule has 0 aliphatic rings. The highest BCUT2D eigenvalue weighted by molar-refractivity contribution is 5.86. The molecule has 0 fully saturated rings. The van der Waals surface area contributed by atoms with E-state index >= 15 is 0 Å². The second kappa shape index (κ2) is 5.00. The molecule has 0 saturated heterocycles. The van der Waals surface area contributed by atoms with Crippen molar-refractivity contribution in [3.63, 3.8) is 0 Å². The first-order chi connectivity index (χ1) is 7.81. The first-order valence-electron chi connectivity index (χ1n) is 4.44. The summed E-state index contributed by atoms with van der Waals surface area (Å²) in [7, 11) is 0. The number of aromatic carboxylic acids is 1. The van der Waals surface area contributed by atoms with Crippen molar-refractivity contribution in [1.82, 2.24) is 4.57 Å². The van der Waals surface area contributed by atoms with Crippen LogP contribution in [0.3, 0.4) is 0 Å². The molecule has 0 aliphatic carbocycles. The smallest absolute Gasteiger partial charge is 0.477 e. The number of rotatable bonds is 4.